The van der Waals surface area contributed by atoms with Gasteiger partial charge in [-0.2, -0.15) is 11.8 Å². The summed E-state index contributed by atoms with van der Waals surface area (Å²) in [6, 6.07) is 5.05. The lowest BCUT2D eigenvalue weighted by molar-refractivity contribution is -0.144. The number of nitrogens with one attached hydrogen (secondary N) is 2. The SMILES string of the molecule is CSCC[C@@H]1N[C@@]2(C(=O)Nc3c(Cl)cccc32)[C@H]2C(=O)N(C[C@H]3CCCO3)C(=O)[C@@H]12. The molecular formula is C21H24ClN3O4S. The van der Waals surface area contributed by atoms with E-state index in [2.05, 4.69) is 10.6 Å². The standard InChI is InChI=1S/C21H24ClN3O4S/c1-30-9-7-14-15-16(19(27)25(18(15)26)10-11-4-3-8-29-11)21(24-14)12-5-2-6-13(22)17(12)23-20(21)28/h2,5-6,11,14-16,24H,3-4,7-10H2,1H3,(H,23,28)/t11-,14+,15+,16-,21-/m1/s1. The number of para-hydroxylation sites is 1. The minimum atomic E-state index is -1.27. The summed E-state index contributed by atoms with van der Waals surface area (Å²) in [6.07, 6.45) is 4.35. The van der Waals surface area contributed by atoms with Gasteiger partial charge in [0.15, 0.2) is 0 Å². The number of anilines is 1. The van der Waals surface area contributed by atoms with E-state index in [-0.39, 0.29) is 36.4 Å². The van der Waals surface area contributed by atoms with Crippen LogP contribution >= 0.6 is 23.4 Å². The first kappa shape index (κ1) is 20.3. The van der Waals surface area contributed by atoms with E-state index < -0.39 is 17.4 Å². The highest BCUT2D eigenvalue weighted by Crippen LogP contribution is 2.54. The van der Waals surface area contributed by atoms with E-state index in [0.29, 0.717) is 29.3 Å². The van der Waals surface area contributed by atoms with E-state index >= 15 is 0 Å². The van der Waals surface area contributed by atoms with Crippen LogP contribution in [0, 0.1) is 11.8 Å². The molecule has 7 nitrogen and oxygen atoms in total. The predicted octanol–water partition coefficient (Wildman–Crippen LogP) is 1.99. The summed E-state index contributed by atoms with van der Waals surface area (Å²) in [5.41, 5.74) is -0.0908. The van der Waals surface area contributed by atoms with Crippen LogP contribution in [0.15, 0.2) is 18.2 Å². The van der Waals surface area contributed by atoms with Crippen LogP contribution in [0.4, 0.5) is 5.69 Å². The van der Waals surface area contributed by atoms with Crippen molar-refractivity contribution < 1.29 is 19.1 Å². The Morgan fingerprint density at radius 1 is 1.30 bits per heavy atom. The fraction of sp³-hybridized carbons (Fsp3) is 0.571. The number of imide groups is 1. The molecule has 3 amide bonds. The third-order valence-electron chi connectivity index (χ3n) is 6.83. The molecule has 1 aromatic carbocycles. The molecule has 1 aromatic rings. The van der Waals surface area contributed by atoms with Crippen LogP contribution in [0.5, 0.6) is 0 Å². The second-order valence-corrected chi connectivity index (χ2v) is 9.78. The van der Waals surface area contributed by atoms with Gasteiger partial charge in [-0.1, -0.05) is 23.7 Å². The zero-order valence-corrected chi connectivity index (χ0v) is 18.2. The molecule has 3 saturated heterocycles. The van der Waals surface area contributed by atoms with E-state index in [9.17, 15) is 14.4 Å². The van der Waals surface area contributed by atoms with Crippen molar-refractivity contribution in [3.8, 4) is 0 Å². The van der Waals surface area contributed by atoms with Gasteiger partial charge in [0.1, 0.15) is 5.54 Å². The first-order valence-electron chi connectivity index (χ1n) is 10.3. The van der Waals surface area contributed by atoms with Crippen molar-refractivity contribution in [1.29, 1.82) is 0 Å². The Bertz CT molecular complexity index is 922. The molecule has 1 spiro atoms. The van der Waals surface area contributed by atoms with Gasteiger partial charge in [-0.3, -0.25) is 24.6 Å². The van der Waals surface area contributed by atoms with Crippen LogP contribution in [-0.2, 0) is 24.7 Å². The molecule has 4 aliphatic heterocycles. The topological polar surface area (TPSA) is 87.7 Å². The first-order valence-corrected chi connectivity index (χ1v) is 12.1. The van der Waals surface area contributed by atoms with Crippen LogP contribution in [0.3, 0.4) is 0 Å². The molecule has 4 heterocycles. The van der Waals surface area contributed by atoms with Gasteiger partial charge in [-0.25, -0.2) is 0 Å². The predicted molar refractivity (Wildman–Crippen MR) is 114 cm³/mol. The number of carbonyl (C=O) groups excluding carboxylic acids is 3. The summed E-state index contributed by atoms with van der Waals surface area (Å²) in [4.78, 5) is 41.7. The van der Waals surface area contributed by atoms with E-state index in [4.69, 9.17) is 16.3 Å². The van der Waals surface area contributed by atoms with Crippen molar-refractivity contribution in [2.45, 2.75) is 36.9 Å². The summed E-state index contributed by atoms with van der Waals surface area (Å²) in [6.45, 7) is 0.921. The highest BCUT2D eigenvalue weighted by Gasteiger charge is 2.70. The van der Waals surface area contributed by atoms with Crippen molar-refractivity contribution in [2.24, 2.45) is 11.8 Å². The van der Waals surface area contributed by atoms with Crippen molar-refractivity contribution in [1.82, 2.24) is 10.2 Å². The van der Waals surface area contributed by atoms with Crippen molar-refractivity contribution in [2.75, 3.05) is 30.5 Å². The Hall–Kier alpha value is -1.61. The molecule has 9 heteroatoms. The molecule has 0 radical (unpaired) electrons. The van der Waals surface area contributed by atoms with Crippen LogP contribution < -0.4 is 10.6 Å². The first-order chi connectivity index (χ1) is 14.5. The highest BCUT2D eigenvalue weighted by atomic mass is 35.5. The lowest BCUT2D eigenvalue weighted by Gasteiger charge is -2.30. The zero-order valence-electron chi connectivity index (χ0n) is 16.7. The molecule has 0 aliphatic carbocycles. The number of hydrogen-bond donors (Lipinski definition) is 2. The smallest absolute Gasteiger partial charge is 0.250 e. The molecule has 0 bridgehead atoms. The zero-order chi connectivity index (χ0) is 21.0. The number of halogens is 1. The summed E-state index contributed by atoms with van der Waals surface area (Å²) >= 11 is 8.02. The second kappa shape index (κ2) is 7.51. The normalized spacial score (nSPS) is 34.7. The van der Waals surface area contributed by atoms with Gasteiger partial charge in [0.25, 0.3) is 0 Å². The quantitative estimate of drug-likeness (QED) is 0.668. The molecule has 4 aliphatic rings. The Morgan fingerprint density at radius 3 is 2.87 bits per heavy atom. The van der Waals surface area contributed by atoms with E-state index in [0.717, 1.165) is 18.6 Å². The van der Waals surface area contributed by atoms with Gasteiger partial charge in [0.05, 0.1) is 35.2 Å². The average Bonchev–Trinajstić information content (AvgIpc) is 3.47. The fourth-order valence-electron chi connectivity index (χ4n) is 5.52. The van der Waals surface area contributed by atoms with Gasteiger partial charge < -0.3 is 10.1 Å². The lowest BCUT2D eigenvalue weighted by atomic mass is 9.76. The maximum absolute atomic E-state index is 13.6. The number of carbonyl (C=O) groups is 3. The molecule has 0 saturated carbocycles. The number of ether oxygens (including phenoxy) is 1. The number of likely N-dealkylation sites (tertiary alicyclic amines) is 1. The van der Waals surface area contributed by atoms with E-state index in [1.807, 2.05) is 12.3 Å². The Labute approximate surface area is 184 Å². The maximum atomic E-state index is 13.6. The number of fused-ring (bicyclic) bond motifs is 4. The molecule has 160 valence electrons. The molecule has 3 fully saturated rings. The second-order valence-electron chi connectivity index (χ2n) is 8.38. The molecule has 5 rings (SSSR count). The lowest BCUT2D eigenvalue weighted by Crippen LogP contribution is -2.53. The van der Waals surface area contributed by atoms with E-state index in [1.54, 1.807) is 23.9 Å². The summed E-state index contributed by atoms with van der Waals surface area (Å²) in [5.74, 6) is -1.32. The van der Waals surface area contributed by atoms with Gasteiger partial charge in [-0.05, 0) is 37.3 Å². The van der Waals surface area contributed by atoms with Crippen molar-refractivity contribution in [3.05, 3.63) is 28.8 Å². The molecular weight excluding hydrogens is 426 g/mol. The molecule has 0 unspecified atom stereocenters. The van der Waals surface area contributed by atoms with Crippen LogP contribution in [0.25, 0.3) is 0 Å². The third kappa shape index (κ3) is 2.77. The van der Waals surface area contributed by atoms with E-state index in [1.165, 1.54) is 4.90 Å². The van der Waals surface area contributed by atoms with Crippen molar-refractivity contribution >= 4 is 46.8 Å². The van der Waals surface area contributed by atoms with Crippen LogP contribution in [0.2, 0.25) is 5.02 Å². The minimum Gasteiger partial charge on any atom is -0.376 e. The number of benzene rings is 1. The number of thioether (sulfide) groups is 1. The van der Waals surface area contributed by atoms with Gasteiger partial charge in [-0.15, -0.1) is 0 Å². The summed E-state index contributed by atoms with van der Waals surface area (Å²) in [7, 11) is 0. The number of amides is 3. The Morgan fingerprint density at radius 2 is 2.13 bits per heavy atom. The maximum Gasteiger partial charge on any atom is 0.250 e. The number of rotatable bonds is 5. The molecule has 5 atom stereocenters. The van der Waals surface area contributed by atoms with Crippen molar-refractivity contribution in [3.63, 3.8) is 0 Å². The van der Waals surface area contributed by atoms with Crippen LogP contribution in [-0.4, -0.2) is 59.9 Å². The third-order valence-corrected chi connectivity index (χ3v) is 7.79. The minimum absolute atomic E-state index is 0.121. The fourth-order valence-corrected chi connectivity index (χ4v) is 6.23. The summed E-state index contributed by atoms with van der Waals surface area (Å²) < 4.78 is 5.67. The van der Waals surface area contributed by atoms with Crippen LogP contribution in [0.1, 0.15) is 24.8 Å². The Kier molecular flexibility index (Phi) is 5.08. The van der Waals surface area contributed by atoms with Gasteiger partial charge in [0.2, 0.25) is 17.7 Å². The molecule has 0 aromatic heterocycles. The van der Waals surface area contributed by atoms with Gasteiger partial charge in [0, 0.05) is 18.2 Å². The number of hydrogen-bond acceptors (Lipinski definition) is 6. The monoisotopic (exact) mass is 449 g/mol. The number of nitrogens with zero attached hydrogens (tertiary/aromatic N) is 1. The Balaban J connectivity index is 1.57. The highest BCUT2D eigenvalue weighted by molar-refractivity contribution is 7.98. The molecule has 30 heavy (non-hydrogen) atoms. The average molecular weight is 450 g/mol. The molecule has 2 N–H and O–H groups in total. The van der Waals surface area contributed by atoms with Gasteiger partial charge >= 0.3 is 0 Å². The summed E-state index contributed by atoms with van der Waals surface area (Å²) in [5, 5.41) is 6.72. The largest absolute Gasteiger partial charge is 0.376 e.